The van der Waals surface area contributed by atoms with Crippen molar-refractivity contribution in [2.45, 2.75) is 18.3 Å². The van der Waals surface area contributed by atoms with E-state index >= 15 is 0 Å². The first-order chi connectivity index (χ1) is 14.1. The van der Waals surface area contributed by atoms with Crippen molar-refractivity contribution in [1.29, 1.82) is 0 Å². The first kappa shape index (κ1) is 19.8. The minimum Gasteiger partial charge on any atom is -0.493 e. The average molecular weight is 475 g/mol. The van der Waals surface area contributed by atoms with Crippen molar-refractivity contribution in [2.75, 3.05) is 25.3 Å². The highest BCUT2D eigenvalue weighted by atomic mass is 79.9. The predicted molar refractivity (Wildman–Crippen MR) is 116 cm³/mol. The second kappa shape index (κ2) is 8.46. The standard InChI is InChI=1S/C20H19BrN4O3S/c1-4-29-20-23-19-17(24-25-20)11-7-5-6-8-14(11)22-18(28-19)12-9-15(26-2)16(27-3)10-13(12)21/h5-10,18,22H,4H2,1-3H3/t18-/m1/s1. The molecule has 0 bridgehead atoms. The molecule has 1 aromatic heterocycles. The van der Waals surface area contributed by atoms with Gasteiger partial charge in [0.25, 0.3) is 0 Å². The quantitative estimate of drug-likeness (QED) is 0.521. The van der Waals surface area contributed by atoms with Gasteiger partial charge in [0.05, 0.1) is 14.2 Å². The van der Waals surface area contributed by atoms with Crippen LogP contribution in [0.1, 0.15) is 18.7 Å². The lowest BCUT2D eigenvalue weighted by molar-refractivity contribution is 0.223. The van der Waals surface area contributed by atoms with E-state index < -0.39 is 6.23 Å². The van der Waals surface area contributed by atoms with Crippen LogP contribution in [0.15, 0.2) is 46.0 Å². The number of hydrogen-bond donors (Lipinski definition) is 1. The minimum atomic E-state index is -0.525. The number of ether oxygens (including phenoxy) is 3. The smallest absolute Gasteiger partial charge is 0.247 e. The van der Waals surface area contributed by atoms with E-state index in [1.165, 1.54) is 11.8 Å². The topological polar surface area (TPSA) is 78.4 Å². The van der Waals surface area contributed by atoms with E-state index in [4.69, 9.17) is 14.2 Å². The molecule has 0 spiro atoms. The lowest BCUT2D eigenvalue weighted by Gasteiger charge is -2.22. The maximum atomic E-state index is 6.30. The van der Waals surface area contributed by atoms with Gasteiger partial charge >= 0.3 is 0 Å². The van der Waals surface area contributed by atoms with E-state index in [1.807, 2.05) is 43.3 Å². The number of hydrogen-bond acceptors (Lipinski definition) is 8. The first-order valence-electron chi connectivity index (χ1n) is 8.96. The SMILES string of the molecule is CCSc1nnc2c(n1)O[C@H](c1cc(OC)c(OC)cc1Br)Nc1ccccc1-2. The van der Waals surface area contributed by atoms with Crippen LogP contribution in [-0.2, 0) is 0 Å². The molecule has 29 heavy (non-hydrogen) atoms. The molecule has 1 atom stereocenters. The molecule has 0 saturated carbocycles. The number of fused-ring (bicyclic) bond motifs is 3. The van der Waals surface area contributed by atoms with E-state index in [1.54, 1.807) is 14.2 Å². The Hall–Kier alpha value is -2.52. The average Bonchev–Trinajstić information content (AvgIpc) is 2.90. The van der Waals surface area contributed by atoms with Crippen LogP contribution in [0, 0.1) is 0 Å². The van der Waals surface area contributed by atoms with Crippen molar-refractivity contribution < 1.29 is 14.2 Å². The number of rotatable bonds is 5. The van der Waals surface area contributed by atoms with Gasteiger partial charge in [-0.25, -0.2) is 0 Å². The van der Waals surface area contributed by atoms with Crippen LogP contribution < -0.4 is 19.5 Å². The van der Waals surface area contributed by atoms with Crippen molar-refractivity contribution in [2.24, 2.45) is 0 Å². The summed E-state index contributed by atoms with van der Waals surface area (Å²) in [5.41, 5.74) is 3.21. The number of thioether (sulfide) groups is 1. The predicted octanol–water partition coefficient (Wildman–Crippen LogP) is 4.93. The number of nitrogens with one attached hydrogen (secondary N) is 1. The van der Waals surface area contributed by atoms with E-state index in [9.17, 15) is 0 Å². The Bertz CT molecular complexity index is 1050. The highest BCUT2D eigenvalue weighted by Crippen LogP contribution is 2.43. The number of aromatic nitrogens is 3. The van der Waals surface area contributed by atoms with Crippen LogP contribution >= 0.6 is 27.7 Å². The zero-order valence-electron chi connectivity index (χ0n) is 16.1. The summed E-state index contributed by atoms with van der Waals surface area (Å²) in [4.78, 5) is 4.60. The van der Waals surface area contributed by atoms with Crippen LogP contribution in [0.3, 0.4) is 0 Å². The van der Waals surface area contributed by atoms with Crippen molar-refractivity contribution in [1.82, 2.24) is 15.2 Å². The van der Waals surface area contributed by atoms with Crippen LogP contribution in [0.4, 0.5) is 5.69 Å². The summed E-state index contributed by atoms with van der Waals surface area (Å²) in [5, 5.41) is 12.7. The van der Waals surface area contributed by atoms with Gasteiger partial charge in [0.2, 0.25) is 11.0 Å². The minimum absolute atomic E-state index is 0.431. The molecule has 4 rings (SSSR count). The van der Waals surface area contributed by atoms with E-state index in [2.05, 4.69) is 36.4 Å². The van der Waals surface area contributed by atoms with Gasteiger partial charge < -0.3 is 19.5 Å². The molecule has 9 heteroatoms. The van der Waals surface area contributed by atoms with Crippen LogP contribution in [0.25, 0.3) is 11.3 Å². The Morgan fingerprint density at radius 3 is 2.66 bits per heavy atom. The number of nitrogens with zero attached hydrogens (tertiary/aromatic N) is 3. The van der Waals surface area contributed by atoms with E-state index in [-0.39, 0.29) is 0 Å². The van der Waals surface area contributed by atoms with Gasteiger partial charge in [0.1, 0.15) is 0 Å². The molecule has 7 nitrogen and oxygen atoms in total. The second-order valence-electron chi connectivity index (χ2n) is 6.10. The third-order valence-electron chi connectivity index (χ3n) is 4.39. The van der Waals surface area contributed by atoms with Gasteiger partial charge in [-0.05, 0) is 24.0 Å². The molecule has 1 aliphatic rings. The highest BCUT2D eigenvalue weighted by molar-refractivity contribution is 9.10. The molecule has 0 aliphatic carbocycles. The molecule has 1 N–H and O–H groups in total. The Balaban J connectivity index is 1.84. The molecule has 1 aliphatic heterocycles. The third kappa shape index (κ3) is 3.84. The molecule has 0 saturated heterocycles. The lowest BCUT2D eigenvalue weighted by atomic mass is 10.1. The van der Waals surface area contributed by atoms with Crippen molar-refractivity contribution in [3.63, 3.8) is 0 Å². The fraction of sp³-hybridized carbons (Fsp3) is 0.250. The number of halogens is 1. The molecule has 0 amide bonds. The highest BCUT2D eigenvalue weighted by Gasteiger charge is 2.28. The maximum absolute atomic E-state index is 6.30. The summed E-state index contributed by atoms with van der Waals surface area (Å²) in [6.45, 7) is 2.04. The van der Waals surface area contributed by atoms with Crippen molar-refractivity contribution >= 4 is 33.4 Å². The maximum Gasteiger partial charge on any atom is 0.247 e. The van der Waals surface area contributed by atoms with Crippen molar-refractivity contribution in [3.05, 3.63) is 46.4 Å². The van der Waals surface area contributed by atoms with Gasteiger partial charge in [-0.2, -0.15) is 4.98 Å². The molecular weight excluding hydrogens is 456 g/mol. The Labute approximate surface area is 181 Å². The summed E-state index contributed by atoms with van der Waals surface area (Å²) in [6, 6.07) is 11.6. The second-order valence-corrected chi connectivity index (χ2v) is 8.18. The van der Waals surface area contributed by atoms with Crippen molar-refractivity contribution in [3.8, 4) is 28.6 Å². The Kier molecular flexibility index (Phi) is 5.77. The zero-order valence-corrected chi connectivity index (χ0v) is 18.5. The fourth-order valence-electron chi connectivity index (χ4n) is 3.05. The Morgan fingerprint density at radius 2 is 1.90 bits per heavy atom. The summed E-state index contributed by atoms with van der Waals surface area (Å²) in [5.74, 6) is 2.51. The monoisotopic (exact) mass is 474 g/mol. The molecule has 0 fully saturated rings. The molecule has 150 valence electrons. The molecular formula is C20H19BrN4O3S. The summed E-state index contributed by atoms with van der Waals surface area (Å²) in [7, 11) is 3.21. The van der Waals surface area contributed by atoms with Gasteiger partial charge in [0, 0.05) is 21.3 Å². The van der Waals surface area contributed by atoms with Gasteiger partial charge in [-0.1, -0.05) is 52.8 Å². The van der Waals surface area contributed by atoms with E-state index in [0.717, 1.165) is 27.0 Å². The van der Waals surface area contributed by atoms with Gasteiger partial charge in [-0.15, -0.1) is 10.2 Å². The van der Waals surface area contributed by atoms with Gasteiger partial charge in [0.15, 0.2) is 23.4 Å². The van der Waals surface area contributed by atoms with Crippen LogP contribution in [-0.4, -0.2) is 35.2 Å². The first-order valence-corrected chi connectivity index (χ1v) is 10.7. The van der Waals surface area contributed by atoms with E-state index in [0.29, 0.717) is 28.2 Å². The molecule has 3 aromatic rings. The number of benzene rings is 2. The fourth-order valence-corrected chi connectivity index (χ4v) is 4.08. The third-order valence-corrected chi connectivity index (χ3v) is 5.80. The molecule has 0 unspecified atom stereocenters. The van der Waals surface area contributed by atoms with Crippen LogP contribution in [0.2, 0.25) is 0 Å². The summed E-state index contributed by atoms with van der Waals surface area (Å²) in [6.07, 6.45) is -0.525. The Morgan fingerprint density at radius 1 is 1.14 bits per heavy atom. The molecule has 0 radical (unpaired) electrons. The molecule has 2 heterocycles. The normalized spacial score (nSPS) is 14.7. The van der Waals surface area contributed by atoms with Crippen LogP contribution in [0.5, 0.6) is 17.4 Å². The van der Waals surface area contributed by atoms with Gasteiger partial charge in [-0.3, -0.25) is 0 Å². The molecule has 2 aromatic carbocycles. The lowest BCUT2D eigenvalue weighted by Crippen LogP contribution is -2.18. The summed E-state index contributed by atoms with van der Waals surface area (Å²) < 4.78 is 18.0. The number of methoxy groups -OCH3 is 2. The number of para-hydroxylation sites is 1. The zero-order chi connectivity index (χ0) is 20.4. The summed E-state index contributed by atoms with van der Waals surface area (Å²) >= 11 is 5.14. The largest absolute Gasteiger partial charge is 0.493 e. The number of anilines is 1.